The Hall–Kier alpha value is -2.48. The molecular formula is C26H32ClN3O4. The van der Waals surface area contributed by atoms with Gasteiger partial charge in [-0.05, 0) is 37.5 Å². The van der Waals surface area contributed by atoms with Gasteiger partial charge in [-0.1, -0.05) is 49.7 Å². The second-order valence-corrected chi connectivity index (χ2v) is 10.6. The molecule has 0 aromatic heterocycles. The number of carbonyl (C=O) groups is 1. The van der Waals surface area contributed by atoms with Gasteiger partial charge < -0.3 is 19.8 Å². The number of ether oxygens (including phenoxy) is 1. The minimum absolute atomic E-state index is 0.0934. The van der Waals surface area contributed by atoms with E-state index in [9.17, 15) is 15.0 Å². The number of hydrogen-bond donors (Lipinski definition) is 2. The summed E-state index contributed by atoms with van der Waals surface area (Å²) in [5.41, 5.74) is 3.28. The number of carbonyl (C=O) groups excluding carboxylic acids is 1. The van der Waals surface area contributed by atoms with Crippen LogP contribution in [0, 0.1) is 11.8 Å². The normalized spacial score (nSPS) is 30.0. The SMILES string of the molecule is CC1CC(Cl)=CC2=C1OCc1ccccc1C2N1CN(C(C)C)C(=O)C2=C(O)C(O)C(C)CN21. The van der Waals surface area contributed by atoms with Crippen LogP contribution in [0.25, 0.3) is 0 Å². The van der Waals surface area contributed by atoms with Crippen molar-refractivity contribution in [2.45, 2.75) is 58.9 Å². The Balaban J connectivity index is 1.73. The van der Waals surface area contributed by atoms with Crippen molar-refractivity contribution in [3.8, 4) is 0 Å². The number of amides is 1. The molecule has 2 N–H and O–H groups in total. The van der Waals surface area contributed by atoms with E-state index in [1.54, 1.807) is 4.90 Å². The number of hydrogen-bond acceptors (Lipinski definition) is 6. The van der Waals surface area contributed by atoms with Crippen LogP contribution < -0.4 is 0 Å². The third-order valence-electron chi connectivity index (χ3n) is 7.35. The van der Waals surface area contributed by atoms with Crippen LogP contribution in [0.3, 0.4) is 0 Å². The van der Waals surface area contributed by atoms with Gasteiger partial charge in [-0.25, -0.2) is 0 Å². The third kappa shape index (κ3) is 3.61. The molecule has 1 aliphatic carbocycles. The highest BCUT2D eigenvalue weighted by atomic mass is 35.5. The Kier molecular flexibility index (Phi) is 5.91. The number of halogens is 1. The maximum atomic E-state index is 13.5. The monoisotopic (exact) mass is 485 g/mol. The standard InChI is InChI=1S/C26H32ClN3O4/c1-14(2)28-13-30(29-11-16(4)23(31)24(32)22(29)26(28)33)21-19-8-6-5-7-17(19)12-34-25-15(3)9-18(27)10-20(21)25/h5-8,10,14-16,21,23,31-32H,9,11-13H2,1-4H3. The molecule has 1 saturated heterocycles. The molecule has 5 rings (SSSR count). The number of allylic oxidation sites excluding steroid dienone is 2. The van der Waals surface area contributed by atoms with Gasteiger partial charge in [-0.3, -0.25) is 9.80 Å². The van der Waals surface area contributed by atoms with E-state index >= 15 is 0 Å². The summed E-state index contributed by atoms with van der Waals surface area (Å²) in [7, 11) is 0. The van der Waals surface area contributed by atoms with Crippen molar-refractivity contribution in [2.24, 2.45) is 11.8 Å². The third-order valence-corrected chi connectivity index (χ3v) is 7.61. The topological polar surface area (TPSA) is 76.5 Å². The largest absolute Gasteiger partial charge is 0.507 e. The second kappa shape index (κ2) is 8.63. The molecule has 8 heteroatoms. The Labute approximate surface area is 205 Å². The smallest absolute Gasteiger partial charge is 0.276 e. The number of hydrazine groups is 1. The molecule has 1 aromatic carbocycles. The number of nitrogens with zero attached hydrogens (tertiary/aromatic N) is 3. The first kappa shape index (κ1) is 23.3. The van der Waals surface area contributed by atoms with Crippen molar-refractivity contribution >= 4 is 17.5 Å². The van der Waals surface area contributed by atoms with Crippen LogP contribution in [0.4, 0.5) is 0 Å². The predicted molar refractivity (Wildman–Crippen MR) is 129 cm³/mol. The molecule has 1 amide bonds. The number of benzene rings is 1. The van der Waals surface area contributed by atoms with Crippen molar-refractivity contribution in [1.29, 1.82) is 0 Å². The predicted octanol–water partition coefficient (Wildman–Crippen LogP) is 4.18. The molecule has 34 heavy (non-hydrogen) atoms. The zero-order valence-electron chi connectivity index (χ0n) is 20.0. The highest BCUT2D eigenvalue weighted by Gasteiger charge is 2.48. The first-order chi connectivity index (χ1) is 16.2. The van der Waals surface area contributed by atoms with Crippen molar-refractivity contribution in [2.75, 3.05) is 13.2 Å². The van der Waals surface area contributed by atoms with Gasteiger partial charge in [-0.2, -0.15) is 5.01 Å². The molecule has 3 heterocycles. The fraction of sp³-hybridized carbons (Fsp3) is 0.500. The summed E-state index contributed by atoms with van der Waals surface area (Å²) < 4.78 is 6.36. The maximum Gasteiger partial charge on any atom is 0.276 e. The van der Waals surface area contributed by atoms with Crippen LogP contribution in [0.5, 0.6) is 0 Å². The summed E-state index contributed by atoms with van der Waals surface area (Å²) in [5.74, 6) is 0.255. The van der Waals surface area contributed by atoms with Gasteiger partial charge in [0, 0.05) is 35.0 Å². The molecule has 4 atom stereocenters. The van der Waals surface area contributed by atoms with E-state index < -0.39 is 6.10 Å². The number of rotatable bonds is 2. The van der Waals surface area contributed by atoms with Crippen molar-refractivity contribution in [1.82, 2.24) is 14.9 Å². The summed E-state index contributed by atoms with van der Waals surface area (Å²) in [6.45, 7) is 9.13. The summed E-state index contributed by atoms with van der Waals surface area (Å²) in [4.78, 5) is 15.2. The Morgan fingerprint density at radius 3 is 2.68 bits per heavy atom. The number of fused-ring (bicyclic) bond motifs is 2. The molecule has 1 aromatic rings. The van der Waals surface area contributed by atoms with E-state index in [0.29, 0.717) is 19.8 Å². The fourth-order valence-electron chi connectivity index (χ4n) is 5.49. The lowest BCUT2D eigenvalue weighted by Gasteiger charge is -2.53. The van der Waals surface area contributed by atoms with Gasteiger partial charge in [0.2, 0.25) is 0 Å². The van der Waals surface area contributed by atoms with Crippen LogP contribution in [0.15, 0.2) is 58.2 Å². The van der Waals surface area contributed by atoms with Gasteiger partial charge in [0.05, 0.1) is 12.7 Å². The van der Waals surface area contributed by atoms with Gasteiger partial charge in [0.25, 0.3) is 5.91 Å². The molecule has 0 spiro atoms. The lowest BCUT2D eigenvalue weighted by Crippen LogP contribution is -2.63. The molecule has 4 aliphatic rings. The van der Waals surface area contributed by atoms with Crippen LogP contribution in [0.1, 0.15) is 51.3 Å². The first-order valence-electron chi connectivity index (χ1n) is 12.0. The average Bonchev–Trinajstić information content (AvgIpc) is 2.94. The van der Waals surface area contributed by atoms with Crippen molar-refractivity contribution in [3.63, 3.8) is 0 Å². The summed E-state index contributed by atoms with van der Waals surface area (Å²) in [5, 5.41) is 26.3. The second-order valence-electron chi connectivity index (χ2n) is 10.1. The average molecular weight is 486 g/mol. The molecule has 0 saturated carbocycles. The molecule has 3 aliphatic heterocycles. The van der Waals surface area contributed by atoms with E-state index in [4.69, 9.17) is 16.3 Å². The van der Waals surface area contributed by atoms with Crippen molar-refractivity contribution in [3.05, 3.63) is 69.3 Å². The van der Waals surface area contributed by atoms with Crippen LogP contribution >= 0.6 is 11.6 Å². The summed E-state index contributed by atoms with van der Waals surface area (Å²) in [6.07, 6.45) is 1.65. The molecule has 4 unspecified atom stereocenters. The minimum Gasteiger partial charge on any atom is -0.507 e. The van der Waals surface area contributed by atoms with E-state index in [-0.39, 0.29) is 41.3 Å². The Morgan fingerprint density at radius 2 is 1.94 bits per heavy atom. The Bertz CT molecular complexity index is 1110. The van der Waals surface area contributed by atoms with Gasteiger partial charge in [-0.15, -0.1) is 0 Å². The molecule has 182 valence electrons. The molecule has 1 fully saturated rings. The highest BCUT2D eigenvalue weighted by molar-refractivity contribution is 6.29. The van der Waals surface area contributed by atoms with E-state index in [0.717, 1.165) is 33.9 Å². The lowest BCUT2D eigenvalue weighted by atomic mass is 9.87. The first-order valence-corrected chi connectivity index (χ1v) is 12.3. The van der Waals surface area contributed by atoms with E-state index in [2.05, 4.69) is 24.1 Å². The Morgan fingerprint density at radius 1 is 1.21 bits per heavy atom. The molecule has 0 bridgehead atoms. The summed E-state index contributed by atoms with van der Waals surface area (Å²) >= 11 is 6.61. The number of aliphatic hydroxyl groups excluding tert-OH is 2. The van der Waals surface area contributed by atoms with E-state index in [1.807, 2.05) is 44.0 Å². The van der Waals surface area contributed by atoms with Gasteiger partial charge in [0.1, 0.15) is 18.5 Å². The summed E-state index contributed by atoms with van der Waals surface area (Å²) in [6, 6.07) is 7.83. The van der Waals surface area contributed by atoms with Crippen LogP contribution in [-0.4, -0.2) is 56.4 Å². The molecule has 7 nitrogen and oxygen atoms in total. The maximum absolute atomic E-state index is 13.5. The number of aliphatic hydroxyl groups is 2. The lowest BCUT2D eigenvalue weighted by molar-refractivity contribution is -0.166. The minimum atomic E-state index is -1.08. The van der Waals surface area contributed by atoms with Crippen molar-refractivity contribution < 1.29 is 19.7 Å². The van der Waals surface area contributed by atoms with Gasteiger partial charge in [0.15, 0.2) is 11.5 Å². The van der Waals surface area contributed by atoms with Gasteiger partial charge >= 0.3 is 0 Å². The fourth-order valence-corrected chi connectivity index (χ4v) is 5.84. The zero-order chi connectivity index (χ0) is 24.3. The highest BCUT2D eigenvalue weighted by Crippen LogP contribution is 2.46. The van der Waals surface area contributed by atoms with Crippen LogP contribution in [0.2, 0.25) is 0 Å². The molecule has 0 radical (unpaired) electrons. The zero-order valence-corrected chi connectivity index (χ0v) is 20.8. The quantitative estimate of drug-likeness (QED) is 0.654. The molecular weight excluding hydrogens is 454 g/mol. The van der Waals surface area contributed by atoms with E-state index in [1.165, 1.54) is 0 Å². The van der Waals surface area contributed by atoms with Crippen LogP contribution in [-0.2, 0) is 16.1 Å².